The number of carbonyl (C=O) groups is 1. The van der Waals surface area contributed by atoms with Crippen molar-refractivity contribution in [1.82, 2.24) is 24.5 Å². The number of amides is 1. The Morgan fingerprint density at radius 2 is 2.00 bits per heavy atom. The molecule has 9 nitrogen and oxygen atoms in total. The van der Waals surface area contributed by atoms with Crippen molar-refractivity contribution in [3.8, 4) is 17.3 Å². The number of alkyl halides is 3. The third-order valence-corrected chi connectivity index (χ3v) is 7.59. The van der Waals surface area contributed by atoms with Crippen LogP contribution in [0, 0.1) is 16.7 Å². The van der Waals surface area contributed by atoms with Crippen LogP contribution in [0.2, 0.25) is 5.02 Å². The molecule has 1 aliphatic heterocycles. The maximum atomic E-state index is 13.2. The first kappa shape index (κ1) is 27.8. The molecule has 13 heteroatoms. The zero-order chi connectivity index (χ0) is 29.0. The molecule has 1 saturated heterocycles. The van der Waals surface area contributed by atoms with Gasteiger partial charge in [-0.2, -0.15) is 28.6 Å². The van der Waals surface area contributed by atoms with Crippen LogP contribution in [-0.2, 0) is 17.5 Å². The molecule has 0 atom stereocenters. The van der Waals surface area contributed by atoms with Gasteiger partial charge in [-0.05, 0) is 69.2 Å². The Morgan fingerprint density at radius 3 is 2.65 bits per heavy atom. The zero-order valence-corrected chi connectivity index (χ0v) is 23.1. The number of nitrogens with two attached hydrogens (primary N) is 1. The van der Waals surface area contributed by atoms with E-state index in [0.717, 1.165) is 31.4 Å². The molecule has 0 unspecified atom stereocenters. The molecule has 2 aromatic heterocycles. The van der Waals surface area contributed by atoms with Crippen LogP contribution in [0.3, 0.4) is 0 Å². The summed E-state index contributed by atoms with van der Waals surface area (Å²) in [7, 11) is 0. The van der Waals surface area contributed by atoms with Crippen molar-refractivity contribution in [2.24, 2.45) is 5.41 Å². The number of halogens is 4. The lowest BCUT2D eigenvalue weighted by atomic mass is 9.65. The highest BCUT2D eigenvalue weighted by atomic mass is 35.5. The zero-order valence-electron chi connectivity index (χ0n) is 22.3. The molecule has 1 spiro atoms. The van der Waals surface area contributed by atoms with Crippen LogP contribution in [0.15, 0.2) is 30.6 Å². The summed E-state index contributed by atoms with van der Waals surface area (Å²) in [6.07, 6.45) is 0.654. The second-order valence-corrected chi connectivity index (χ2v) is 12.1. The van der Waals surface area contributed by atoms with Crippen LogP contribution in [0.5, 0.6) is 0 Å². The lowest BCUT2D eigenvalue weighted by molar-refractivity contribution is -0.137. The molecule has 1 aromatic carbocycles. The minimum Gasteiger partial charge on any atom is -0.444 e. The Morgan fingerprint density at radius 1 is 1.27 bits per heavy atom. The summed E-state index contributed by atoms with van der Waals surface area (Å²) in [5, 5.41) is 18.7. The number of anilines is 1. The number of nitrogens with zero attached hydrogens (tertiary/aromatic N) is 6. The van der Waals surface area contributed by atoms with E-state index in [1.807, 2.05) is 20.8 Å². The van der Waals surface area contributed by atoms with Gasteiger partial charge in [0.1, 0.15) is 28.7 Å². The van der Waals surface area contributed by atoms with E-state index in [9.17, 15) is 23.2 Å². The minimum atomic E-state index is -4.52. The summed E-state index contributed by atoms with van der Waals surface area (Å²) in [4.78, 5) is 14.2. The van der Waals surface area contributed by atoms with Gasteiger partial charge < -0.3 is 15.4 Å². The van der Waals surface area contributed by atoms with Gasteiger partial charge in [0.05, 0.1) is 24.3 Å². The first-order chi connectivity index (χ1) is 18.7. The van der Waals surface area contributed by atoms with E-state index in [2.05, 4.69) is 16.3 Å². The number of rotatable bonds is 4. The van der Waals surface area contributed by atoms with Crippen molar-refractivity contribution >= 4 is 23.5 Å². The topological polar surface area (TPSA) is 115 Å². The molecule has 1 amide bonds. The van der Waals surface area contributed by atoms with Crippen molar-refractivity contribution in [1.29, 1.82) is 5.26 Å². The van der Waals surface area contributed by atoms with Crippen molar-refractivity contribution in [3.63, 3.8) is 0 Å². The third-order valence-electron chi connectivity index (χ3n) is 7.37. The largest absolute Gasteiger partial charge is 0.444 e. The third kappa shape index (κ3) is 5.47. The average Bonchev–Trinajstić information content (AvgIpc) is 3.53. The maximum Gasteiger partial charge on any atom is 0.416 e. The van der Waals surface area contributed by atoms with E-state index in [1.54, 1.807) is 15.8 Å². The normalized spacial score (nSPS) is 20.9. The predicted molar refractivity (Wildman–Crippen MR) is 141 cm³/mol. The second-order valence-electron chi connectivity index (χ2n) is 11.7. The van der Waals surface area contributed by atoms with Gasteiger partial charge in [-0.15, -0.1) is 0 Å². The molecule has 0 radical (unpaired) electrons. The molecule has 40 heavy (non-hydrogen) atoms. The van der Waals surface area contributed by atoms with Gasteiger partial charge in [-0.3, -0.25) is 4.68 Å². The predicted octanol–water partition coefficient (Wildman–Crippen LogP) is 5.88. The Kier molecular flexibility index (Phi) is 6.77. The fraction of sp³-hybridized carbons (Fsp3) is 0.481. The first-order valence-corrected chi connectivity index (χ1v) is 13.2. The van der Waals surface area contributed by atoms with Crippen LogP contribution in [0.4, 0.5) is 23.8 Å². The van der Waals surface area contributed by atoms with Gasteiger partial charge in [0, 0.05) is 29.9 Å². The number of carbonyl (C=O) groups excluding carboxylic acids is 1. The highest BCUT2D eigenvalue weighted by Crippen LogP contribution is 2.55. The number of benzene rings is 1. The lowest BCUT2D eigenvalue weighted by Crippen LogP contribution is -2.43. The molecular formula is C27H29ClF3N7O2. The lowest BCUT2D eigenvalue weighted by Gasteiger charge is -2.45. The van der Waals surface area contributed by atoms with Crippen LogP contribution >= 0.6 is 11.6 Å². The molecule has 212 valence electrons. The van der Waals surface area contributed by atoms with E-state index in [-0.39, 0.29) is 40.5 Å². The number of hydrogen-bond donors (Lipinski definition) is 1. The van der Waals surface area contributed by atoms with Gasteiger partial charge in [-0.25, -0.2) is 9.48 Å². The molecule has 2 fully saturated rings. The number of hydrogen-bond acceptors (Lipinski definition) is 6. The molecule has 1 saturated carbocycles. The van der Waals surface area contributed by atoms with Crippen LogP contribution in [0.1, 0.15) is 62.8 Å². The molecule has 0 bridgehead atoms. The van der Waals surface area contributed by atoms with Gasteiger partial charge >= 0.3 is 12.3 Å². The summed E-state index contributed by atoms with van der Waals surface area (Å²) < 4.78 is 48.2. The van der Waals surface area contributed by atoms with Crippen molar-refractivity contribution < 1.29 is 22.7 Å². The minimum absolute atomic E-state index is 0.0229. The smallest absolute Gasteiger partial charge is 0.416 e. The molecular weight excluding hydrogens is 547 g/mol. The van der Waals surface area contributed by atoms with Crippen LogP contribution < -0.4 is 5.73 Å². The highest BCUT2D eigenvalue weighted by Gasteiger charge is 2.51. The Labute approximate surface area is 234 Å². The van der Waals surface area contributed by atoms with E-state index in [4.69, 9.17) is 22.1 Å². The van der Waals surface area contributed by atoms with Crippen molar-refractivity contribution in [2.45, 2.75) is 64.4 Å². The second kappa shape index (κ2) is 9.73. The number of likely N-dealkylation sites (tertiary alicyclic amines) is 1. The van der Waals surface area contributed by atoms with Crippen LogP contribution in [0.25, 0.3) is 11.3 Å². The van der Waals surface area contributed by atoms with Gasteiger partial charge in [-0.1, -0.05) is 11.6 Å². The molecule has 2 N–H and O–H groups in total. The Hall–Kier alpha value is -3.72. The van der Waals surface area contributed by atoms with E-state index in [1.165, 1.54) is 16.9 Å². The molecule has 5 rings (SSSR count). The monoisotopic (exact) mass is 575 g/mol. The Balaban J connectivity index is 1.30. The number of nitrogen functional groups attached to an aromatic ring is 1. The molecule has 3 heterocycles. The Bertz CT molecular complexity index is 1490. The molecule has 1 aliphatic carbocycles. The van der Waals surface area contributed by atoms with Gasteiger partial charge in [0.15, 0.2) is 0 Å². The summed E-state index contributed by atoms with van der Waals surface area (Å²) in [5.41, 5.74) is 6.33. The van der Waals surface area contributed by atoms with E-state index in [0.29, 0.717) is 29.9 Å². The fourth-order valence-electron chi connectivity index (χ4n) is 5.57. The quantitative estimate of drug-likeness (QED) is 0.415. The number of nitriles is 1. The maximum absolute atomic E-state index is 13.2. The summed E-state index contributed by atoms with van der Waals surface area (Å²) in [6, 6.07) is 5.45. The average molecular weight is 576 g/mol. The van der Waals surface area contributed by atoms with Crippen LogP contribution in [-0.4, -0.2) is 49.2 Å². The van der Waals surface area contributed by atoms with Gasteiger partial charge in [0.2, 0.25) is 0 Å². The number of aromatic nitrogens is 4. The van der Waals surface area contributed by atoms with Crippen molar-refractivity contribution in [2.75, 3.05) is 18.8 Å². The van der Waals surface area contributed by atoms with E-state index < -0.39 is 17.3 Å². The first-order valence-electron chi connectivity index (χ1n) is 12.8. The standard InChI is InChI=1S/C27H29ClF3N7O2/c1-25(2,3)40-24(39)36-5-4-26(15-36)9-20(10-26)38-23(33)21(11-32)22(35-38)17-12-34-37(14-17)13-16-6-18(27(29,30)31)8-19(28)7-16/h6-8,12,14,20H,4-5,9-10,13,15,33H2,1-3H3. The summed E-state index contributed by atoms with van der Waals surface area (Å²) in [5.74, 6) is 0.247. The molecule has 3 aromatic rings. The molecule has 2 aliphatic rings. The van der Waals surface area contributed by atoms with Crippen molar-refractivity contribution in [3.05, 3.63) is 52.3 Å². The van der Waals surface area contributed by atoms with Gasteiger partial charge in [0.25, 0.3) is 0 Å². The SMILES string of the molecule is CC(C)(C)OC(=O)N1CCC2(CC(n3nc(-c4cnn(Cc5cc(Cl)cc(C(F)(F)F)c5)c4)c(C#N)c3N)C2)C1. The summed E-state index contributed by atoms with van der Waals surface area (Å²) >= 11 is 5.91. The summed E-state index contributed by atoms with van der Waals surface area (Å²) in [6.45, 7) is 6.79. The highest BCUT2D eigenvalue weighted by molar-refractivity contribution is 6.30. The fourth-order valence-corrected chi connectivity index (χ4v) is 5.82. The van der Waals surface area contributed by atoms with E-state index >= 15 is 0 Å². The number of ether oxygens (including phenoxy) is 1.